The molecule has 0 amide bonds. The van der Waals surface area contributed by atoms with E-state index in [-0.39, 0.29) is 0 Å². The summed E-state index contributed by atoms with van der Waals surface area (Å²) in [6.45, 7) is 3.40. The van der Waals surface area contributed by atoms with Crippen molar-refractivity contribution >= 4 is 22.3 Å². The molecule has 1 aromatic carbocycles. The van der Waals surface area contributed by atoms with Gasteiger partial charge in [0.1, 0.15) is 5.82 Å². The van der Waals surface area contributed by atoms with E-state index in [1.54, 1.807) is 0 Å². The molecule has 0 bridgehead atoms. The highest BCUT2D eigenvalue weighted by atomic mass is 16.5. The van der Waals surface area contributed by atoms with Gasteiger partial charge in [-0.1, -0.05) is 0 Å². The number of nitrogens with zero attached hydrogens (tertiary/aromatic N) is 2. The van der Waals surface area contributed by atoms with Crippen LogP contribution in [0.2, 0.25) is 0 Å². The van der Waals surface area contributed by atoms with Crippen LogP contribution >= 0.6 is 0 Å². The van der Waals surface area contributed by atoms with Gasteiger partial charge >= 0.3 is 0 Å². The fourth-order valence-electron chi connectivity index (χ4n) is 2.34. The maximum Gasteiger partial charge on any atom is 0.136 e. The first-order chi connectivity index (χ1) is 8.88. The zero-order valence-corrected chi connectivity index (χ0v) is 10.5. The molecular weight excluding hydrogens is 226 g/mol. The Balaban J connectivity index is 2.05. The van der Waals surface area contributed by atoms with Crippen LogP contribution in [0.1, 0.15) is 0 Å². The fraction of sp³-hybridized carbons (Fsp3) is 0.357. The van der Waals surface area contributed by atoms with Crippen LogP contribution in [-0.2, 0) is 4.74 Å². The smallest absolute Gasteiger partial charge is 0.136 e. The molecule has 1 aromatic heterocycles. The summed E-state index contributed by atoms with van der Waals surface area (Å²) in [4.78, 5) is 6.83. The summed E-state index contributed by atoms with van der Waals surface area (Å²) in [5.41, 5.74) is 1.13. The molecule has 0 atom stereocenters. The number of ether oxygens (including phenoxy) is 1. The van der Waals surface area contributed by atoms with Crippen LogP contribution in [0.5, 0.6) is 0 Å². The van der Waals surface area contributed by atoms with Crippen molar-refractivity contribution in [2.75, 3.05) is 43.6 Å². The quantitative estimate of drug-likeness (QED) is 0.876. The second-order valence-electron chi connectivity index (χ2n) is 4.42. The van der Waals surface area contributed by atoms with Gasteiger partial charge in [-0.2, -0.15) is 0 Å². The number of hydrogen-bond donors (Lipinski definition) is 1. The van der Waals surface area contributed by atoms with Crippen LogP contribution in [0.4, 0.5) is 11.5 Å². The molecule has 1 N–H and O–H groups in total. The van der Waals surface area contributed by atoms with Gasteiger partial charge < -0.3 is 15.0 Å². The lowest BCUT2D eigenvalue weighted by Crippen LogP contribution is -2.36. The van der Waals surface area contributed by atoms with Crippen molar-refractivity contribution < 1.29 is 4.74 Å². The van der Waals surface area contributed by atoms with Crippen molar-refractivity contribution in [2.24, 2.45) is 0 Å². The summed E-state index contributed by atoms with van der Waals surface area (Å²) in [5.74, 6) is 1.07. The fourth-order valence-corrected chi connectivity index (χ4v) is 2.34. The molecule has 4 nitrogen and oxygen atoms in total. The van der Waals surface area contributed by atoms with E-state index in [2.05, 4.69) is 39.5 Å². The van der Waals surface area contributed by atoms with Gasteiger partial charge in [0.15, 0.2) is 0 Å². The summed E-state index contributed by atoms with van der Waals surface area (Å²) in [6.07, 6.45) is 1.88. The minimum atomic E-state index is 0.784. The van der Waals surface area contributed by atoms with Crippen LogP contribution in [-0.4, -0.2) is 38.3 Å². The Morgan fingerprint density at radius 1 is 1.22 bits per heavy atom. The van der Waals surface area contributed by atoms with Crippen LogP contribution in [0.25, 0.3) is 10.8 Å². The number of hydrogen-bond acceptors (Lipinski definition) is 4. The maximum atomic E-state index is 5.39. The lowest BCUT2D eigenvalue weighted by Gasteiger charge is -2.28. The number of rotatable bonds is 2. The molecule has 1 aliphatic rings. The first-order valence-corrected chi connectivity index (χ1v) is 6.28. The second-order valence-corrected chi connectivity index (χ2v) is 4.42. The van der Waals surface area contributed by atoms with Crippen molar-refractivity contribution in [3.63, 3.8) is 0 Å². The molecule has 2 aromatic rings. The van der Waals surface area contributed by atoms with E-state index < -0.39 is 0 Å². The maximum absolute atomic E-state index is 5.39. The third-order valence-corrected chi connectivity index (χ3v) is 3.34. The Labute approximate surface area is 107 Å². The Hall–Kier alpha value is -1.81. The third-order valence-electron chi connectivity index (χ3n) is 3.34. The third kappa shape index (κ3) is 1.99. The van der Waals surface area contributed by atoms with Crippen molar-refractivity contribution in [1.82, 2.24) is 4.98 Å². The molecule has 4 heteroatoms. The Kier molecular flexibility index (Phi) is 3.02. The predicted molar refractivity (Wildman–Crippen MR) is 74.3 cm³/mol. The van der Waals surface area contributed by atoms with E-state index in [0.29, 0.717) is 0 Å². The van der Waals surface area contributed by atoms with Crippen LogP contribution in [0, 0.1) is 0 Å². The van der Waals surface area contributed by atoms with Gasteiger partial charge in [-0.25, -0.2) is 4.98 Å². The van der Waals surface area contributed by atoms with E-state index in [1.807, 2.05) is 13.2 Å². The van der Waals surface area contributed by atoms with Crippen molar-refractivity contribution in [3.8, 4) is 0 Å². The van der Waals surface area contributed by atoms with E-state index in [1.165, 1.54) is 10.8 Å². The standard InChI is InChI=1S/C14H17N3O/c1-15-12-2-3-13-11(10-12)4-5-16-14(13)17-6-8-18-9-7-17/h2-5,10,15H,6-9H2,1H3. The van der Waals surface area contributed by atoms with Crippen LogP contribution in [0.15, 0.2) is 30.5 Å². The van der Waals surface area contributed by atoms with Crippen LogP contribution in [0.3, 0.4) is 0 Å². The van der Waals surface area contributed by atoms with Crippen LogP contribution < -0.4 is 10.2 Å². The highest BCUT2D eigenvalue weighted by Crippen LogP contribution is 2.27. The summed E-state index contributed by atoms with van der Waals surface area (Å²) in [7, 11) is 1.94. The zero-order valence-electron chi connectivity index (χ0n) is 10.5. The van der Waals surface area contributed by atoms with Gasteiger partial charge in [-0.05, 0) is 29.7 Å². The molecule has 0 unspecified atom stereocenters. The number of pyridine rings is 1. The topological polar surface area (TPSA) is 37.4 Å². The molecule has 1 aliphatic heterocycles. The molecule has 94 valence electrons. The van der Waals surface area contributed by atoms with Gasteiger partial charge in [-0.15, -0.1) is 0 Å². The minimum absolute atomic E-state index is 0.784. The molecule has 1 fully saturated rings. The van der Waals surface area contributed by atoms with Crippen molar-refractivity contribution in [2.45, 2.75) is 0 Å². The second kappa shape index (κ2) is 4.82. The molecule has 0 saturated carbocycles. The van der Waals surface area contributed by atoms with Gasteiger partial charge in [0, 0.05) is 37.4 Å². The average Bonchev–Trinajstić information content (AvgIpc) is 2.47. The van der Waals surface area contributed by atoms with E-state index in [9.17, 15) is 0 Å². The number of fused-ring (bicyclic) bond motifs is 1. The van der Waals surface area contributed by atoms with E-state index in [0.717, 1.165) is 37.8 Å². The summed E-state index contributed by atoms with van der Waals surface area (Å²) >= 11 is 0. The Morgan fingerprint density at radius 3 is 2.83 bits per heavy atom. The number of benzene rings is 1. The number of nitrogens with one attached hydrogen (secondary N) is 1. The SMILES string of the molecule is CNc1ccc2c(N3CCOCC3)nccc2c1. The highest BCUT2D eigenvalue weighted by Gasteiger charge is 2.14. The van der Waals surface area contributed by atoms with Gasteiger partial charge in [-0.3, -0.25) is 0 Å². The molecule has 2 heterocycles. The normalized spacial score (nSPS) is 15.9. The Morgan fingerprint density at radius 2 is 2.06 bits per heavy atom. The first-order valence-electron chi connectivity index (χ1n) is 6.28. The van der Waals surface area contributed by atoms with Crippen molar-refractivity contribution in [3.05, 3.63) is 30.5 Å². The molecule has 3 rings (SSSR count). The molecule has 0 spiro atoms. The lowest BCUT2D eigenvalue weighted by molar-refractivity contribution is 0.122. The molecule has 0 radical (unpaired) electrons. The summed E-state index contributed by atoms with van der Waals surface area (Å²) in [6, 6.07) is 8.44. The predicted octanol–water partition coefficient (Wildman–Crippen LogP) is 2.11. The Bertz CT molecular complexity index is 550. The molecule has 1 saturated heterocycles. The number of anilines is 2. The monoisotopic (exact) mass is 243 g/mol. The number of morpholine rings is 1. The molecule has 18 heavy (non-hydrogen) atoms. The van der Waals surface area contributed by atoms with Crippen molar-refractivity contribution in [1.29, 1.82) is 0 Å². The molecular formula is C14H17N3O. The first kappa shape index (κ1) is 11.3. The lowest BCUT2D eigenvalue weighted by atomic mass is 10.1. The van der Waals surface area contributed by atoms with Gasteiger partial charge in [0.25, 0.3) is 0 Å². The van der Waals surface area contributed by atoms with Gasteiger partial charge in [0.2, 0.25) is 0 Å². The molecule has 0 aliphatic carbocycles. The largest absolute Gasteiger partial charge is 0.388 e. The van der Waals surface area contributed by atoms with Gasteiger partial charge in [0.05, 0.1) is 13.2 Å². The highest BCUT2D eigenvalue weighted by molar-refractivity contribution is 5.94. The average molecular weight is 243 g/mol. The van der Waals surface area contributed by atoms with E-state index >= 15 is 0 Å². The summed E-state index contributed by atoms with van der Waals surface area (Å²) < 4.78 is 5.39. The van der Waals surface area contributed by atoms with E-state index in [4.69, 9.17) is 4.74 Å². The summed E-state index contributed by atoms with van der Waals surface area (Å²) in [5, 5.41) is 5.59. The minimum Gasteiger partial charge on any atom is -0.388 e. The number of aromatic nitrogens is 1. The zero-order chi connectivity index (χ0) is 12.4.